The van der Waals surface area contributed by atoms with Gasteiger partial charge in [-0.25, -0.2) is 13.9 Å². The van der Waals surface area contributed by atoms with Gasteiger partial charge in [-0.3, -0.25) is 19.6 Å². The molecule has 0 radical (unpaired) electrons. The van der Waals surface area contributed by atoms with Gasteiger partial charge in [0.05, 0.1) is 24.3 Å². The molecule has 5 heterocycles. The van der Waals surface area contributed by atoms with Crippen molar-refractivity contribution in [3.8, 4) is 11.1 Å². The normalized spacial score (nSPS) is 14.3. The summed E-state index contributed by atoms with van der Waals surface area (Å²) < 4.78 is 14.6. The van der Waals surface area contributed by atoms with Crippen LogP contribution < -0.4 is 11.1 Å². The number of carbonyl (C=O) groups is 2. The lowest BCUT2D eigenvalue weighted by Crippen LogP contribution is -2.47. The second kappa shape index (κ2) is 9.06. The number of nitrogens with one attached hydrogen (secondary N) is 1. The molecule has 4 aromatic heterocycles. The summed E-state index contributed by atoms with van der Waals surface area (Å²) in [6.45, 7) is 2.97. The molecule has 2 amide bonds. The molecule has 0 saturated carbocycles. The van der Waals surface area contributed by atoms with Gasteiger partial charge in [0.25, 0.3) is 11.8 Å². The maximum Gasteiger partial charge on any atom is 0.272 e. The standard InChI is InChI=1S/C23H22FN9O2/c1-31-6-8-32(9-7-31)23(35)17-3-2-14(10-27-17)16-4-5-26-12-18(16)29-22(34)19-20(25)30-33-13-15(24)11-28-21(19)33/h2-5,10-13H,6-9H2,1H3,(H2,25,30)(H,29,34). The summed E-state index contributed by atoms with van der Waals surface area (Å²) in [5.74, 6) is -1.37. The lowest BCUT2D eigenvalue weighted by Gasteiger charge is -2.32. The molecule has 11 nitrogen and oxygen atoms in total. The number of amides is 2. The highest BCUT2D eigenvalue weighted by Gasteiger charge is 2.23. The fraction of sp³-hybridized carbons (Fsp3) is 0.217. The number of carbonyl (C=O) groups excluding carboxylic acids is 2. The molecule has 4 aromatic rings. The number of halogens is 1. The first-order chi connectivity index (χ1) is 16.9. The van der Waals surface area contributed by atoms with E-state index in [-0.39, 0.29) is 22.9 Å². The summed E-state index contributed by atoms with van der Waals surface area (Å²) in [7, 11) is 2.03. The molecule has 0 unspecified atom stereocenters. The zero-order valence-electron chi connectivity index (χ0n) is 18.8. The summed E-state index contributed by atoms with van der Waals surface area (Å²) >= 11 is 0. The molecule has 35 heavy (non-hydrogen) atoms. The number of nitrogens with two attached hydrogens (primary N) is 1. The number of piperazine rings is 1. The number of nitrogens with zero attached hydrogens (tertiary/aromatic N) is 7. The minimum atomic E-state index is -0.608. The van der Waals surface area contributed by atoms with Crippen LogP contribution in [0.1, 0.15) is 20.8 Å². The molecule has 3 N–H and O–H groups in total. The van der Waals surface area contributed by atoms with Crippen molar-refractivity contribution in [3.63, 3.8) is 0 Å². The maximum absolute atomic E-state index is 13.5. The number of hydrogen-bond donors (Lipinski definition) is 2. The summed E-state index contributed by atoms with van der Waals surface area (Å²) in [5, 5.41) is 6.73. The van der Waals surface area contributed by atoms with Gasteiger partial charge in [-0.1, -0.05) is 6.07 Å². The van der Waals surface area contributed by atoms with Crippen LogP contribution in [-0.2, 0) is 0 Å². The first-order valence-electron chi connectivity index (χ1n) is 10.9. The zero-order valence-corrected chi connectivity index (χ0v) is 18.8. The first kappa shape index (κ1) is 22.3. The Hall–Kier alpha value is -4.45. The van der Waals surface area contributed by atoms with E-state index in [1.165, 1.54) is 6.20 Å². The molecule has 1 fully saturated rings. The van der Waals surface area contributed by atoms with Gasteiger partial charge in [0.1, 0.15) is 11.3 Å². The van der Waals surface area contributed by atoms with Crippen LogP contribution in [0.25, 0.3) is 16.8 Å². The van der Waals surface area contributed by atoms with Crippen LogP contribution in [0.4, 0.5) is 15.9 Å². The number of rotatable bonds is 4. The highest BCUT2D eigenvalue weighted by atomic mass is 19.1. The molecular weight excluding hydrogens is 453 g/mol. The third-order valence-corrected chi connectivity index (χ3v) is 5.85. The third kappa shape index (κ3) is 4.38. The van der Waals surface area contributed by atoms with E-state index in [0.29, 0.717) is 35.6 Å². The van der Waals surface area contributed by atoms with Gasteiger partial charge < -0.3 is 20.9 Å². The van der Waals surface area contributed by atoms with Gasteiger partial charge in [-0.15, -0.1) is 5.10 Å². The van der Waals surface area contributed by atoms with Crippen LogP contribution in [0.2, 0.25) is 0 Å². The minimum absolute atomic E-state index is 0.0195. The van der Waals surface area contributed by atoms with Crippen LogP contribution in [0.5, 0.6) is 0 Å². The molecule has 0 bridgehead atoms. The van der Waals surface area contributed by atoms with E-state index in [0.717, 1.165) is 30.0 Å². The Balaban J connectivity index is 1.38. The van der Waals surface area contributed by atoms with Crippen molar-refractivity contribution in [1.29, 1.82) is 0 Å². The first-order valence-corrected chi connectivity index (χ1v) is 10.9. The van der Waals surface area contributed by atoms with Crippen molar-refractivity contribution < 1.29 is 14.0 Å². The van der Waals surface area contributed by atoms with Gasteiger partial charge in [-0.05, 0) is 19.2 Å². The SMILES string of the molecule is CN1CCN(C(=O)c2ccc(-c3ccncc3NC(=O)c3c(N)nn4cc(F)cnc34)cn2)CC1. The molecule has 178 valence electrons. The zero-order chi connectivity index (χ0) is 24.5. The summed E-state index contributed by atoms with van der Waals surface area (Å²) in [6, 6.07) is 5.17. The molecule has 1 saturated heterocycles. The van der Waals surface area contributed by atoms with Crippen LogP contribution in [0.3, 0.4) is 0 Å². The van der Waals surface area contributed by atoms with Crippen molar-refractivity contribution in [2.75, 3.05) is 44.3 Å². The van der Waals surface area contributed by atoms with E-state index >= 15 is 0 Å². The average molecular weight is 475 g/mol. The molecule has 12 heteroatoms. The average Bonchev–Trinajstić information content (AvgIpc) is 3.19. The molecule has 1 aliphatic heterocycles. The molecular formula is C23H22FN9O2. The van der Waals surface area contributed by atoms with Gasteiger partial charge in [-0.2, -0.15) is 0 Å². The predicted octanol–water partition coefficient (Wildman–Crippen LogP) is 1.55. The fourth-order valence-corrected chi connectivity index (χ4v) is 3.93. The number of pyridine rings is 2. The third-order valence-electron chi connectivity index (χ3n) is 5.85. The van der Waals surface area contributed by atoms with E-state index in [2.05, 4.69) is 30.3 Å². The van der Waals surface area contributed by atoms with Crippen LogP contribution in [0, 0.1) is 5.82 Å². The lowest BCUT2D eigenvalue weighted by atomic mass is 10.1. The van der Waals surface area contributed by atoms with Gasteiger partial charge in [0.15, 0.2) is 17.3 Å². The summed E-state index contributed by atoms with van der Waals surface area (Å²) in [4.78, 5) is 42.2. The largest absolute Gasteiger partial charge is 0.381 e. The number of anilines is 2. The van der Waals surface area contributed by atoms with Crippen molar-refractivity contribution in [2.24, 2.45) is 0 Å². The topological polar surface area (TPSA) is 135 Å². The Morgan fingerprint density at radius 1 is 1.06 bits per heavy atom. The van der Waals surface area contributed by atoms with E-state index in [9.17, 15) is 14.0 Å². The lowest BCUT2D eigenvalue weighted by molar-refractivity contribution is 0.0658. The van der Waals surface area contributed by atoms with Crippen molar-refractivity contribution in [1.82, 2.24) is 34.4 Å². The van der Waals surface area contributed by atoms with Gasteiger partial charge >= 0.3 is 0 Å². The Morgan fingerprint density at radius 3 is 2.60 bits per heavy atom. The summed E-state index contributed by atoms with van der Waals surface area (Å²) in [5.41, 5.74) is 8.14. The molecule has 1 aliphatic rings. The van der Waals surface area contributed by atoms with Crippen molar-refractivity contribution >= 4 is 29.0 Å². The number of likely N-dealkylation sites (N-methyl/N-ethyl adjacent to an activating group) is 1. The highest BCUT2D eigenvalue weighted by molar-refractivity contribution is 6.12. The fourth-order valence-electron chi connectivity index (χ4n) is 3.93. The maximum atomic E-state index is 13.5. The second-order valence-electron chi connectivity index (χ2n) is 8.20. The number of nitrogen functional groups attached to an aromatic ring is 1. The Kier molecular flexibility index (Phi) is 5.79. The van der Waals surface area contributed by atoms with Gasteiger partial charge in [0, 0.05) is 49.7 Å². The Morgan fingerprint density at radius 2 is 1.86 bits per heavy atom. The highest BCUT2D eigenvalue weighted by Crippen LogP contribution is 2.28. The van der Waals surface area contributed by atoms with Crippen LogP contribution >= 0.6 is 0 Å². The number of fused-ring (bicyclic) bond motifs is 1. The summed E-state index contributed by atoms with van der Waals surface area (Å²) in [6.07, 6.45) is 6.73. The smallest absolute Gasteiger partial charge is 0.272 e. The number of aromatic nitrogens is 5. The molecule has 0 aromatic carbocycles. The Labute approximate surface area is 199 Å². The minimum Gasteiger partial charge on any atom is -0.381 e. The van der Waals surface area contributed by atoms with E-state index in [4.69, 9.17) is 5.73 Å². The quantitative estimate of drug-likeness (QED) is 0.454. The molecule has 0 atom stereocenters. The second-order valence-corrected chi connectivity index (χ2v) is 8.20. The van der Waals surface area contributed by atoms with Gasteiger partial charge in [0.2, 0.25) is 0 Å². The van der Waals surface area contributed by atoms with Crippen LogP contribution in [-0.4, -0.2) is 79.4 Å². The monoisotopic (exact) mass is 475 g/mol. The van der Waals surface area contributed by atoms with E-state index in [1.54, 1.807) is 35.5 Å². The predicted molar refractivity (Wildman–Crippen MR) is 126 cm³/mol. The van der Waals surface area contributed by atoms with Crippen LogP contribution in [0.15, 0.2) is 49.2 Å². The van der Waals surface area contributed by atoms with Crippen molar-refractivity contribution in [2.45, 2.75) is 0 Å². The van der Waals surface area contributed by atoms with Crippen molar-refractivity contribution in [3.05, 3.63) is 66.3 Å². The molecule has 0 aliphatic carbocycles. The van der Waals surface area contributed by atoms with E-state index in [1.807, 2.05) is 7.05 Å². The van der Waals surface area contributed by atoms with E-state index < -0.39 is 11.7 Å². The molecule has 0 spiro atoms. The number of hydrogen-bond acceptors (Lipinski definition) is 8. The molecule has 5 rings (SSSR count). The Bertz CT molecular complexity index is 1410.